The van der Waals surface area contributed by atoms with Crippen LogP contribution in [0.5, 0.6) is 0 Å². The lowest BCUT2D eigenvalue weighted by atomic mass is 10.1. The van der Waals surface area contributed by atoms with Gasteiger partial charge in [-0.25, -0.2) is 0 Å². The highest BCUT2D eigenvalue weighted by Gasteiger charge is 2.05. The van der Waals surface area contributed by atoms with E-state index >= 15 is 0 Å². The average molecular weight is 217 g/mol. The molecular formula is C12H15N3O. The van der Waals surface area contributed by atoms with Crippen LogP contribution in [-0.2, 0) is 11.2 Å². The van der Waals surface area contributed by atoms with Gasteiger partial charge in [0.25, 0.3) is 0 Å². The van der Waals surface area contributed by atoms with Crippen LogP contribution in [0.4, 0.5) is 5.69 Å². The number of carbonyl (C=O) groups excluding carboxylic acids is 1. The second-order valence-electron chi connectivity index (χ2n) is 3.80. The minimum absolute atomic E-state index is 0.626. The molecule has 4 heteroatoms. The van der Waals surface area contributed by atoms with Crippen LogP contribution < -0.4 is 10.6 Å². The Hall–Kier alpha value is -1.81. The number of carbonyl (C=O) groups is 1. The van der Waals surface area contributed by atoms with Crippen molar-refractivity contribution in [2.45, 2.75) is 6.42 Å². The maximum Gasteiger partial charge on any atom is 0.213 e. The molecule has 1 aromatic heterocycles. The van der Waals surface area contributed by atoms with Crippen LogP contribution in [0.15, 0.2) is 24.4 Å². The summed E-state index contributed by atoms with van der Waals surface area (Å²) < 4.78 is 0. The lowest BCUT2D eigenvalue weighted by Crippen LogP contribution is -2.13. The lowest BCUT2D eigenvalue weighted by molar-refractivity contribution is -0.107. The van der Waals surface area contributed by atoms with E-state index in [0.717, 1.165) is 29.4 Å². The maximum atomic E-state index is 10.7. The summed E-state index contributed by atoms with van der Waals surface area (Å²) in [6, 6.07) is 5.90. The van der Waals surface area contributed by atoms with Crippen molar-refractivity contribution < 1.29 is 4.79 Å². The molecule has 0 spiro atoms. The lowest BCUT2D eigenvalue weighted by Gasteiger charge is -2.10. The molecule has 0 saturated carbocycles. The van der Waals surface area contributed by atoms with Gasteiger partial charge in [0.15, 0.2) is 0 Å². The molecule has 0 unspecified atom stereocenters. The van der Waals surface area contributed by atoms with Crippen LogP contribution in [0.25, 0.3) is 10.9 Å². The van der Waals surface area contributed by atoms with E-state index in [1.54, 1.807) is 11.9 Å². The predicted molar refractivity (Wildman–Crippen MR) is 65.5 cm³/mol. The van der Waals surface area contributed by atoms with Crippen molar-refractivity contribution >= 4 is 23.0 Å². The molecule has 0 saturated heterocycles. The Morgan fingerprint density at radius 2 is 2.31 bits per heavy atom. The molecule has 0 fully saturated rings. The predicted octanol–water partition coefficient (Wildman–Crippen LogP) is 1.26. The number of H-pyrrole nitrogens is 1. The second-order valence-corrected chi connectivity index (χ2v) is 3.80. The van der Waals surface area contributed by atoms with Gasteiger partial charge in [-0.15, -0.1) is 0 Å². The third kappa shape index (κ3) is 1.79. The number of aromatic amines is 1. The summed E-state index contributed by atoms with van der Waals surface area (Å²) in [7, 11) is 1.74. The molecule has 16 heavy (non-hydrogen) atoms. The van der Waals surface area contributed by atoms with Crippen LogP contribution in [0.2, 0.25) is 0 Å². The summed E-state index contributed by atoms with van der Waals surface area (Å²) in [6.45, 7) is 0.626. The van der Waals surface area contributed by atoms with E-state index < -0.39 is 0 Å². The molecule has 0 aliphatic heterocycles. The molecule has 4 nitrogen and oxygen atoms in total. The van der Waals surface area contributed by atoms with E-state index in [4.69, 9.17) is 5.73 Å². The zero-order chi connectivity index (χ0) is 11.5. The minimum atomic E-state index is 0.626. The highest BCUT2D eigenvalue weighted by molar-refractivity contribution is 5.89. The van der Waals surface area contributed by atoms with Gasteiger partial charge in [-0.05, 0) is 36.7 Å². The number of nitrogens with one attached hydrogen (secondary N) is 1. The van der Waals surface area contributed by atoms with Gasteiger partial charge >= 0.3 is 0 Å². The van der Waals surface area contributed by atoms with Crippen LogP contribution in [0, 0.1) is 0 Å². The maximum absolute atomic E-state index is 10.7. The summed E-state index contributed by atoms with van der Waals surface area (Å²) in [5, 5.41) is 1.14. The van der Waals surface area contributed by atoms with Crippen molar-refractivity contribution in [2.75, 3.05) is 18.5 Å². The number of anilines is 1. The quantitative estimate of drug-likeness (QED) is 0.757. The highest BCUT2D eigenvalue weighted by atomic mass is 16.1. The van der Waals surface area contributed by atoms with Crippen molar-refractivity contribution in [1.29, 1.82) is 0 Å². The smallest absolute Gasteiger partial charge is 0.213 e. The molecule has 1 heterocycles. The number of amides is 1. The molecule has 0 atom stereocenters. The molecule has 2 rings (SSSR count). The monoisotopic (exact) mass is 217 g/mol. The molecular weight excluding hydrogens is 202 g/mol. The highest BCUT2D eigenvalue weighted by Crippen LogP contribution is 2.23. The van der Waals surface area contributed by atoms with Gasteiger partial charge in [0.2, 0.25) is 6.41 Å². The molecule has 0 aliphatic carbocycles. The summed E-state index contributed by atoms with van der Waals surface area (Å²) in [5.41, 5.74) is 8.71. The Kier molecular flexibility index (Phi) is 2.92. The van der Waals surface area contributed by atoms with E-state index in [2.05, 4.69) is 4.98 Å². The number of rotatable bonds is 4. The van der Waals surface area contributed by atoms with Gasteiger partial charge in [0.05, 0.1) is 0 Å². The first-order valence-corrected chi connectivity index (χ1v) is 5.24. The molecule has 0 aliphatic rings. The normalized spacial score (nSPS) is 10.6. The van der Waals surface area contributed by atoms with Crippen molar-refractivity contribution in [2.24, 2.45) is 5.73 Å². The van der Waals surface area contributed by atoms with Crippen molar-refractivity contribution in [1.82, 2.24) is 4.98 Å². The van der Waals surface area contributed by atoms with Gasteiger partial charge in [-0.3, -0.25) is 4.79 Å². The molecule has 1 aromatic carbocycles. The third-order valence-corrected chi connectivity index (χ3v) is 2.73. The number of aromatic nitrogens is 1. The Labute approximate surface area is 94.0 Å². The van der Waals surface area contributed by atoms with Crippen LogP contribution in [-0.4, -0.2) is 25.0 Å². The Morgan fingerprint density at radius 1 is 1.50 bits per heavy atom. The average Bonchev–Trinajstić information content (AvgIpc) is 2.71. The van der Waals surface area contributed by atoms with Crippen molar-refractivity contribution in [3.63, 3.8) is 0 Å². The summed E-state index contributed by atoms with van der Waals surface area (Å²) in [6.07, 6.45) is 3.62. The number of hydrogen-bond acceptors (Lipinski definition) is 2. The van der Waals surface area contributed by atoms with Gasteiger partial charge in [0, 0.05) is 29.8 Å². The Bertz CT molecular complexity index is 504. The number of fused-ring (bicyclic) bond motifs is 1. The van der Waals surface area contributed by atoms with E-state index in [9.17, 15) is 4.79 Å². The standard InChI is InChI=1S/C12H15N3O/c1-15(8-16)10-2-3-12-11(6-10)9(4-5-13)7-14-12/h2-3,6-8,14H,4-5,13H2,1H3. The zero-order valence-electron chi connectivity index (χ0n) is 9.23. The summed E-state index contributed by atoms with van der Waals surface area (Å²) in [4.78, 5) is 15.4. The second kappa shape index (κ2) is 4.37. The fourth-order valence-corrected chi connectivity index (χ4v) is 1.81. The molecule has 1 amide bonds. The molecule has 0 radical (unpaired) electrons. The van der Waals surface area contributed by atoms with Crippen LogP contribution in [0.1, 0.15) is 5.56 Å². The summed E-state index contributed by atoms with van der Waals surface area (Å²) in [5.74, 6) is 0. The SMILES string of the molecule is CN(C=O)c1ccc2[nH]cc(CCN)c2c1. The first kappa shape index (κ1) is 10.7. The first-order valence-electron chi connectivity index (χ1n) is 5.24. The zero-order valence-corrected chi connectivity index (χ0v) is 9.23. The Morgan fingerprint density at radius 3 is 3.00 bits per heavy atom. The molecule has 2 aromatic rings. The van der Waals surface area contributed by atoms with E-state index in [1.807, 2.05) is 24.4 Å². The Balaban J connectivity index is 2.49. The third-order valence-electron chi connectivity index (χ3n) is 2.73. The van der Waals surface area contributed by atoms with E-state index in [0.29, 0.717) is 6.54 Å². The van der Waals surface area contributed by atoms with Gasteiger partial charge in [-0.1, -0.05) is 0 Å². The van der Waals surface area contributed by atoms with Gasteiger partial charge in [0.1, 0.15) is 0 Å². The summed E-state index contributed by atoms with van der Waals surface area (Å²) >= 11 is 0. The number of hydrogen-bond donors (Lipinski definition) is 2. The van der Waals surface area contributed by atoms with E-state index in [-0.39, 0.29) is 0 Å². The largest absolute Gasteiger partial charge is 0.361 e. The molecule has 84 valence electrons. The molecule has 0 bridgehead atoms. The van der Waals surface area contributed by atoms with Gasteiger partial charge in [-0.2, -0.15) is 0 Å². The minimum Gasteiger partial charge on any atom is -0.361 e. The van der Waals surface area contributed by atoms with Gasteiger partial charge < -0.3 is 15.6 Å². The fraction of sp³-hybridized carbons (Fsp3) is 0.250. The number of nitrogens with two attached hydrogens (primary N) is 1. The van der Waals surface area contributed by atoms with Crippen molar-refractivity contribution in [3.8, 4) is 0 Å². The topological polar surface area (TPSA) is 62.1 Å². The first-order chi connectivity index (χ1) is 7.76. The van der Waals surface area contributed by atoms with Crippen LogP contribution in [0.3, 0.4) is 0 Å². The number of nitrogens with zero attached hydrogens (tertiary/aromatic N) is 1. The van der Waals surface area contributed by atoms with Crippen LogP contribution >= 0.6 is 0 Å². The molecule has 3 N–H and O–H groups in total. The van der Waals surface area contributed by atoms with Crippen molar-refractivity contribution in [3.05, 3.63) is 30.0 Å². The van der Waals surface area contributed by atoms with E-state index in [1.165, 1.54) is 5.56 Å². The number of benzene rings is 1. The fourth-order valence-electron chi connectivity index (χ4n) is 1.81.